The van der Waals surface area contributed by atoms with Crippen molar-refractivity contribution < 1.29 is 14.1 Å². The molecule has 0 radical (unpaired) electrons. The predicted molar refractivity (Wildman–Crippen MR) is 54.2 cm³/mol. The molecule has 88 valence electrons. The maximum atomic E-state index is 11.5. The third-order valence-corrected chi connectivity index (χ3v) is 2.96. The van der Waals surface area contributed by atoms with Crippen molar-refractivity contribution >= 4 is 5.97 Å². The number of rotatable bonds is 3. The SMILES string of the molecule is COC(=O)C1CN(Cc2ncno2)CC1C. The second kappa shape index (κ2) is 4.61. The van der Waals surface area contributed by atoms with Gasteiger partial charge in [-0.25, -0.2) is 0 Å². The van der Waals surface area contributed by atoms with Crippen molar-refractivity contribution in [2.24, 2.45) is 11.8 Å². The minimum atomic E-state index is -0.138. The van der Waals surface area contributed by atoms with Gasteiger partial charge in [0.1, 0.15) is 0 Å². The molecule has 1 aromatic rings. The zero-order valence-electron chi connectivity index (χ0n) is 9.42. The molecule has 0 N–H and O–H groups in total. The number of hydrogen-bond donors (Lipinski definition) is 0. The van der Waals surface area contributed by atoms with Crippen LogP contribution < -0.4 is 0 Å². The van der Waals surface area contributed by atoms with Crippen LogP contribution in [0.15, 0.2) is 10.9 Å². The van der Waals surface area contributed by atoms with Crippen molar-refractivity contribution in [3.63, 3.8) is 0 Å². The highest BCUT2D eigenvalue weighted by molar-refractivity contribution is 5.73. The summed E-state index contributed by atoms with van der Waals surface area (Å²) in [5, 5.41) is 3.55. The van der Waals surface area contributed by atoms with Gasteiger partial charge in [-0.3, -0.25) is 9.69 Å². The molecule has 1 aliphatic heterocycles. The number of methoxy groups -OCH3 is 1. The van der Waals surface area contributed by atoms with E-state index in [0.717, 1.165) is 6.54 Å². The number of nitrogens with zero attached hydrogens (tertiary/aromatic N) is 3. The number of esters is 1. The molecule has 1 aliphatic rings. The van der Waals surface area contributed by atoms with E-state index in [-0.39, 0.29) is 11.9 Å². The first-order chi connectivity index (χ1) is 7.70. The first-order valence-electron chi connectivity index (χ1n) is 5.26. The highest BCUT2D eigenvalue weighted by Gasteiger charge is 2.35. The maximum absolute atomic E-state index is 11.5. The molecular formula is C10H15N3O3. The van der Waals surface area contributed by atoms with Gasteiger partial charge in [0.05, 0.1) is 19.6 Å². The van der Waals surface area contributed by atoms with E-state index in [9.17, 15) is 4.79 Å². The van der Waals surface area contributed by atoms with Gasteiger partial charge in [0.15, 0.2) is 6.33 Å². The summed E-state index contributed by atoms with van der Waals surface area (Å²) in [7, 11) is 1.43. The van der Waals surface area contributed by atoms with Gasteiger partial charge < -0.3 is 9.26 Å². The average Bonchev–Trinajstić information content (AvgIpc) is 2.88. The quantitative estimate of drug-likeness (QED) is 0.690. The van der Waals surface area contributed by atoms with Crippen molar-refractivity contribution in [2.75, 3.05) is 20.2 Å². The van der Waals surface area contributed by atoms with Gasteiger partial charge in [0.2, 0.25) is 5.89 Å². The molecule has 0 saturated carbocycles. The van der Waals surface area contributed by atoms with Gasteiger partial charge in [-0.2, -0.15) is 4.98 Å². The predicted octanol–water partition coefficient (Wildman–Crippen LogP) is 0.310. The smallest absolute Gasteiger partial charge is 0.310 e. The minimum Gasteiger partial charge on any atom is -0.469 e. The van der Waals surface area contributed by atoms with Crippen LogP contribution in [0.1, 0.15) is 12.8 Å². The molecule has 2 atom stereocenters. The van der Waals surface area contributed by atoms with E-state index in [1.54, 1.807) is 0 Å². The van der Waals surface area contributed by atoms with Gasteiger partial charge in [0.25, 0.3) is 0 Å². The first-order valence-corrected chi connectivity index (χ1v) is 5.26. The van der Waals surface area contributed by atoms with Crippen molar-refractivity contribution in [3.05, 3.63) is 12.2 Å². The number of ether oxygens (including phenoxy) is 1. The molecule has 2 heterocycles. The second-order valence-corrected chi connectivity index (χ2v) is 4.14. The average molecular weight is 225 g/mol. The Hall–Kier alpha value is -1.43. The van der Waals surface area contributed by atoms with Gasteiger partial charge in [-0.05, 0) is 5.92 Å². The molecule has 0 bridgehead atoms. The van der Waals surface area contributed by atoms with Crippen LogP contribution in [0.5, 0.6) is 0 Å². The Morgan fingerprint density at radius 1 is 1.69 bits per heavy atom. The molecule has 1 fully saturated rings. The summed E-state index contributed by atoms with van der Waals surface area (Å²) in [5.41, 5.74) is 0. The van der Waals surface area contributed by atoms with Crippen LogP contribution in [0, 0.1) is 11.8 Å². The molecule has 0 aliphatic carbocycles. The number of likely N-dealkylation sites (tertiary alicyclic amines) is 1. The standard InChI is InChI=1S/C10H15N3O3/c1-7-3-13(4-8(7)10(14)15-2)5-9-11-6-12-16-9/h6-8H,3-5H2,1-2H3. The van der Waals surface area contributed by atoms with Crippen LogP contribution in [0.3, 0.4) is 0 Å². The molecular weight excluding hydrogens is 210 g/mol. The van der Waals surface area contributed by atoms with Crippen molar-refractivity contribution in [1.82, 2.24) is 15.0 Å². The fraction of sp³-hybridized carbons (Fsp3) is 0.700. The number of aromatic nitrogens is 2. The van der Waals surface area contributed by atoms with Crippen molar-refractivity contribution in [2.45, 2.75) is 13.5 Å². The molecule has 0 aromatic carbocycles. The van der Waals surface area contributed by atoms with E-state index in [2.05, 4.69) is 22.0 Å². The Labute approximate surface area is 93.6 Å². The summed E-state index contributed by atoms with van der Waals surface area (Å²) < 4.78 is 9.70. The monoisotopic (exact) mass is 225 g/mol. The van der Waals surface area contributed by atoms with E-state index in [1.807, 2.05) is 0 Å². The highest BCUT2D eigenvalue weighted by atomic mass is 16.5. The van der Waals surface area contributed by atoms with E-state index in [0.29, 0.717) is 24.9 Å². The lowest BCUT2D eigenvalue weighted by molar-refractivity contribution is -0.146. The van der Waals surface area contributed by atoms with Crippen LogP contribution in [-0.4, -0.2) is 41.2 Å². The summed E-state index contributed by atoms with van der Waals surface area (Å²) in [4.78, 5) is 17.6. The second-order valence-electron chi connectivity index (χ2n) is 4.14. The molecule has 1 aromatic heterocycles. The van der Waals surface area contributed by atoms with Crippen LogP contribution >= 0.6 is 0 Å². The van der Waals surface area contributed by atoms with E-state index < -0.39 is 0 Å². The Balaban J connectivity index is 1.93. The Morgan fingerprint density at radius 3 is 3.12 bits per heavy atom. The van der Waals surface area contributed by atoms with Crippen LogP contribution in [0.25, 0.3) is 0 Å². The van der Waals surface area contributed by atoms with Crippen LogP contribution in [0.2, 0.25) is 0 Å². The molecule has 16 heavy (non-hydrogen) atoms. The number of carbonyl (C=O) groups excluding carboxylic acids is 1. The Kier molecular flexibility index (Phi) is 3.19. The van der Waals surface area contributed by atoms with Gasteiger partial charge in [0, 0.05) is 13.1 Å². The topological polar surface area (TPSA) is 68.5 Å². The molecule has 0 amide bonds. The molecule has 2 rings (SSSR count). The largest absolute Gasteiger partial charge is 0.469 e. The Bertz CT molecular complexity index is 352. The highest BCUT2D eigenvalue weighted by Crippen LogP contribution is 2.24. The molecule has 6 nitrogen and oxygen atoms in total. The van der Waals surface area contributed by atoms with E-state index >= 15 is 0 Å². The number of hydrogen-bond acceptors (Lipinski definition) is 6. The lowest BCUT2D eigenvalue weighted by Gasteiger charge is -2.12. The van der Waals surface area contributed by atoms with Gasteiger partial charge in [-0.1, -0.05) is 12.1 Å². The zero-order chi connectivity index (χ0) is 11.5. The molecule has 1 saturated heterocycles. The maximum Gasteiger partial charge on any atom is 0.310 e. The summed E-state index contributed by atoms with van der Waals surface area (Å²) in [6.07, 6.45) is 1.38. The lowest BCUT2D eigenvalue weighted by atomic mass is 9.99. The zero-order valence-corrected chi connectivity index (χ0v) is 9.42. The molecule has 0 spiro atoms. The van der Waals surface area contributed by atoms with Crippen molar-refractivity contribution in [3.8, 4) is 0 Å². The summed E-state index contributed by atoms with van der Waals surface area (Å²) in [5.74, 6) is 0.696. The van der Waals surface area contributed by atoms with Crippen molar-refractivity contribution in [1.29, 1.82) is 0 Å². The third-order valence-electron chi connectivity index (χ3n) is 2.96. The van der Waals surface area contributed by atoms with E-state index in [1.165, 1.54) is 13.4 Å². The molecule has 6 heteroatoms. The van der Waals surface area contributed by atoms with E-state index in [4.69, 9.17) is 9.26 Å². The van der Waals surface area contributed by atoms with Gasteiger partial charge in [-0.15, -0.1) is 0 Å². The van der Waals surface area contributed by atoms with Crippen LogP contribution in [0.4, 0.5) is 0 Å². The van der Waals surface area contributed by atoms with Crippen LogP contribution in [-0.2, 0) is 16.1 Å². The Morgan fingerprint density at radius 2 is 2.50 bits per heavy atom. The molecule has 2 unspecified atom stereocenters. The van der Waals surface area contributed by atoms with Gasteiger partial charge >= 0.3 is 5.97 Å². The fourth-order valence-electron chi connectivity index (χ4n) is 2.11. The number of carbonyl (C=O) groups is 1. The normalized spacial score (nSPS) is 25.9. The summed E-state index contributed by atoms with van der Waals surface area (Å²) in [6.45, 7) is 4.19. The summed E-state index contributed by atoms with van der Waals surface area (Å²) >= 11 is 0. The first kappa shape index (κ1) is 11.1. The summed E-state index contributed by atoms with van der Waals surface area (Å²) in [6, 6.07) is 0. The fourth-order valence-corrected chi connectivity index (χ4v) is 2.11. The minimum absolute atomic E-state index is 0.0482. The third kappa shape index (κ3) is 2.21. The lowest BCUT2D eigenvalue weighted by Crippen LogP contribution is -2.24.